The Balaban J connectivity index is 2.12. The summed E-state index contributed by atoms with van der Waals surface area (Å²) in [5.74, 6) is -0.0545. The van der Waals surface area contributed by atoms with E-state index in [0.717, 1.165) is 15.5 Å². The molecular formula is C16H18N2OS. The largest absolute Gasteiger partial charge is 0.327 e. The highest BCUT2D eigenvalue weighted by atomic mass is 32.2. The number of para-hydroxylation sites is 1. The average Bonchev–Trinajstić information content (AvgIpc) is 2.41. The molecule has 0 saturated carbocycles. The Labute approximate surface area is 123 Å². The molecule has 0 fully saturated rings. The molecule has 2 aromatic rings. The zero-order valence-corrected chi connectivity index (χ0v) is 12.2. The fourth-order valence-corrected chi connectivity index (χ4v) is 2.69. The Kier molecular flexibility index (Phi) is 5.21. The zero-order valence-electron chi connectivity index (χ0n) is 11.4. The number of hydrogen-bond acceptors (Lipinski definition) is 3. The number of anilines is 1. The number of nitrogens with two attached hydrogens (primary N) is 1. The molecule has 0 aliphatic heterocycles. The molecular weight excluding hydrogens is 268 g/mol. The van der Waals surface area contributed by atoms with Crippen molar-refractivity contribution in [3.8, 4) is 0 Å². The van der Waals surface area contributed by atoms with E-state index in [-0.39, 0.29) is 11.9 Å². The van der Waals surface area contributed by atoms with Crippen LogP contribution >= 0.6 is 11.8 Å². The molecule has 3 nitrogen and oxygen atoms in total. The van der Waals surface area contributed by atoms with Crippen molar-refractivity contribution in [1.82, 2.24) is 0 Å². The first-order chi connectivity index (χ1) is 9.65. The van der Waals surface area contributed by atoms with Gasteiger partial charge in [0.2, 0.25) is 5.91 Å². The molecule has 3 N–H and O–H groups in total. The van der Waals surface area contributed by atoms with Crippen LogP contribution in [0, 0.1) is 0 Å². The van der Waals surface area contributed by atoms with Crippen LogP contribution in [0.15, 0.2) is 64.4 Å². The molecule has 0 spiro atoms. The third kappa shape index (κ3) is 4.40. The van der Waals surface area contributed by atoms with E-state index < -0.39 is 0 Å². The molecule has 0 aliphatic rings. The van der Waals surface area contributed by atoms with Gasteiger partial charge >= 0.3 is 0 Å². The van der Waals surface area contributed by atoms with Crippen molar-refractivity contribution >= 4 is 23.4 Å². The Morgan fingerprint density at radius 2 is 1.80 bits per heavy atom. The van der Waals surface area contributed by atoms with E-state index in [0.29, 0.717) is 6.42 Å². The van der Waals surface area contributed by atoms with Crippen molar-refractivity contribution in [3.05, 3.63) is 54.6 Å². The van der Waals surface area contributed by atoms with Crippen LogP contribution in [0.1, 0.15) is 13.3 Å². The molecule has 0 heterocycles. The van der Waals surface area contributed by atoms with Gasteiger partial charge in [0.25, 0.3) is 0 Å². The number of carbonyl (C=O) groups excluding carboxylic acids is 1. The second-order valence-corrected chi connectivity index (χ2v) is 5.76. The maximum absolute atomic E-state index is 11.8. The fourth-order valence-electron chi connectivity index (χ4n) is 1.77. The van der Waals surface area contributed by atoms with Gasteiger partial charge in [0.1, 0.15) is 0 Å². The van der Waals surface area contributed by atoms with Gasteiger partial charge in [-0.1, -0.05) is 42.1 Å². The highest BCUT2D eigenvalue weighted by Gasteiger charge is 2.09. The summed E-state index contributed by atoms with van der Waals surface area (Å²) in [5.41, 5.74) is 6.47. The van der Waals surface area contributed by atoms with Crippen LogP contribution in [-0.2, 0) is 4.79 Å². The second-order valence-electron chi connectivity index (χ2n) is 4.64. The summed E-state index contributed by atoms with van der Waals surface area (Å²) in [4.78, 5) is 14.0. The van der Waals surface area contributed by atoms with Crippen LogP contribution in [0.5, 0.6) is 0 Å². The van der Waals surface area contributed by atoms with Gasteiger partial charge in [0.15, 0.2) is 0 Å². The average molecular weight is 286 g/mol. The lowest BCUT2D eigenvalue weighted by atomic mass is 10.2. The number of benzene rings is 2. The van der Waals surface area contributed by atoms with Gasteiger partial charge in [-0.2, -0.15) is 0 Å². The Morgan fingerprint density at radius 3 is 2.50 bits per heavy atom. The van der Waals surface area contributed by atoms with Gasteiger partial charge in [0.05, 0.1) is 5.69 Å². The van der Waals surface area contributed by atoms with Crippen molar-refractivity contribution in [2.24, 2.45) is 5.73 Å². The molecule has 104 valence electrons. The third-order valence-corrected chi connectivity index (χ3v) is 3.72. The molecule has 0 aliphatic carbocycles. The van der Waals surface area contributed by atoms with Crippen LogP contribution in [-0.4, -0.2) is 11.9 Å². The number of carbonyl (C=O) groups is 1. The minimum Gasteiger partial charge on any atom is -0.327 e. The molecule has 1 atom stereocenters. The van der Waals surface area contributed by atoms with E-state index in [1.807, 2.05) is 61.5 Å². The molecule has 0 radical (unpaired) electrons. The molecule has 4 heteroatoms. The van der Waals surface area contributed by atoms with E-state index in [2.05, 4.69) is 5.32 Å². The first-order valence-corrected chi connectivity index (χ1v) is 7.34. The van der Waals surface area contributed by atoms with Crippen LogP contribution in [0.25, 0.3) is 0 Å². The van der Waals surface area contributed by atoms with Crippen molar-refractivity contribution in [3.63, 3.8) is 0 Å². The summed E-state index contributed by atoms with van der Waals surface area (Å²) in [6.07, 6.45) is 0.324. The standard InChI is InChI=1S/C16H18N2OS/c1-12(17)11-16(19)18-14-9-5-6-10-15(14)20-13-7-3-2-4-8-13/h2-10,12H,11,17H2,1H3,(H,18,19). The summed E-state index contributed by atoms with van der Waals surface area (Å²) in [7, 11) is 0. The van der Waals surface area contributed by atoms with Crippen molar-refractivity contribution < 1.29 is 4.79 Å². The number of rotatable bonds is 5. The smallest absolute Gasteiger partial charge is 0.225 e. The van der Waals surface area contributed by atoms with E-state index in [1.54, 1.807) is 11.8 Å². The van der Waals surface area contributed by atoms with Gasteiger partial charge in [0, 0.05) is 22.3 Å². The minimum atomic E-state index is -0.135. The van der Waals surface area contributed by atoms with Crippen LogP contribution in [0.3, 0.4) is 0 Å². The summed E-state index contributed by atoms with van der Waals surface area (Å²) in [6.45, 7) is 1.82. The quantitative estimate of drug-likeness (QED) is 0.884. The van der Waals surface area contributed by atoms with Gasteiger partial charge < -0.3 is 11.1 Å². The first kappa shape index (κ1) is 14.6. The SMILES string of the molecule is CC(N)CC(=O)Nc1ccccc1Sc1ccccc1. The van der Waals surface area contributed by atoms with E-state index in [1.165, 1.54) is 0 Å². The van der Waals surface area contributed by atoms with E-state index >= 15 is 0 Å². The monoisotopic (exact) mass is 286 g/mol. The summed E-state index contributed by atoms with van der Waals surface area (Å²) >= 11 is 1.63. The maximum atomic E-state index is 11.8. The molecule has 20 heavy (non-hydrogen) atoms. The zero-order chi connectivity index (χ0) is 14.4. The molecule has 0 bridgehead atoms. The summed E-state index contributed by atoms with van der Waals surface area (Å²) in [6, 6.07) is 17.7. The Hall–Kier alpha value is -1.78. The Morgan fingerprint density at radius 1 is 1.15 bits per heavy atom. The number of hydrogen-bond donors (Lipinski definition) is 2. The van der Waals surface area contributed by atoms with Crippen LogP contribution in [0.2, 0.25) is 0 Å². The van der Waals surface area contributed by atoms with Gasteiger partial charge in [-0.15, -0.1) is 0 Å². The highest BCUT2D eigenvalue weighted by molar-refractivity contribution is 7.99. The molecule has 1 unspecified atom stereocenters. The molecule has 2 rings (SSSR count). The van der Waals surface area contributed by atoms with E-state index in [9.17, 15) is 4.79 Å². The van der Waals surface area contributed by atoms with E-state index in [4.69, 9.17) is 5.73 Å². The number of nitrogens with one attached hydrogen (secondary N) is 1. The topological polar surface area (TPSA) is 55.1 Å². The normalized spacial score (nSPS) is 11.9. The van der Waals surface area contributed by atoms with Crippen molar-refractivity contribution in [2.45, 2.75) is 29.2 Å². The third-order valence-electron chi connectivity index (χ3n) is 2.64. The molecule has 0 saturated heterocycles. The van der Waals surface area contributed by atoms with Crippen molar-refractivity contribution in [2.75, 3.05) is 5.32 Å². The lowest BCUT2D eigenvalue weighted by Crippen LogP contribution is -2.24. The predicted molar refractivity (Wildman–Crippen MR) is 83.9 cm³/mol. The van der Waals surface area contributed by atoms with Gasteiger partial charge in [-0.3, -0.25) is 4.79 Å². The van der Waals surface area contributed by atoms with Crippen LogP contribution in [0.4, 0.5) is 5.69 Å². The highest BCUT2D eigenvalue weighted by Crippen LogP contribution is 2.33. The number of amides is 1. The second kappa shape index (κ2) is 7.12. The summed E-state index contributed by atoms with van der Waals surface area (Å²) in [5, 5.41) is 2.92. The van der Waals surface area contributed by atoms with Gasteiger partial charge in [-0.25, -0.2) is 0 Å². The van der Waals surface area contributed by atoms with Gasteiger partial charge in [-0.05, 0) is 31.2 Å². The molecule has 0 aromatic heterocycles. The first-order valence-electron chi connectivity index (χ1n) is 6.52. The maximum Gasteiger partial charge on any atom is 0.225 e. The molecule has 1 amide bonds. The van der Waals surface area contributed by atoms with Crippen molar-refractivity contribution in [1.29, 1.82) is 0 Å². The fraction of sp³-hybridized carbons (Fsp3) is 0.188. The Bertz CT molecular complexity index is 570. The lowest BCUT2D eigenvalue weighted by molar-refractivity contribution is -0.116. The minimum absolute atomic E-state index is 0.0545. The summed E-state index contributed by atoms with van der Waals surface area (Å²) < 4.78 is 0. The molecule has 2 aromatic carbocycles. The predicted octanol–water partition coefficient (Wildman–Crippen LogP) is 3.51. The lowest BCUT2D eigenvalue weighted by Gasteiger charge is -2.11. The van der Waals surface area contributed by atoms with Crippen LogP contribution < -0.4 is 11.1 Å².